The van der Waals surface area contributed by atoms with E-state index in [4.69, 9.17) is 11.5 Å². The molecule has 8 nitrogen and oxygen atoms in total. The Bertz CT molecular complexity index is 739. The first-order valence-corrected chi connectivity index (χ1v) is 7.85. The molecule has 2 fully saturated rings. The minimum Gasteiger partial charge on any atom is -0.401 e. The van der Waals surface area contributed by atoms with Crippen LogP contribution in [0, 0.1) is 29.6 Å². The number of carbonyl (C=O) groups excluding carboxylic acids is 4. The zero-order chi connectivity index (χ0) is 17.2. The molecule has 0 radical (unpaired) electrons. The molecular weight excluding hydrogens is 316 g/mol. The SMILES string of the molecule is NC1=C2C(=O)OC(=O)C2CCC1C1C=CC2C(=O)OC(=O)C2C1N. The molecule has 24 heavy (non-hydrogen) atoms. The van der Waals surface area contributed by atoms with Crippen molar-refractivity contribution in [3.63, 3.8) is 0 Å². The lowest BCUT2D eigenvalue weighted by Gasteiger charge is -2.38. The number of fused-ring (bicyclic) bond motifs is 2. The summed E-state index contributed by atoms with van der Waals surface area (Å²) in [6.07, 6.45) is 4.39. The van der Waals surface area contributed by atoms with Crippen LogP contribution >= 0.6 is 0 Å². The molecule has 6 unspecified atom stereocenters. The fourth-order valence-corrected chi connectivity index (χ4v) is 4.30. The van der Waals surface area contributed by atoms with Crippen molar-refractivity contribution in [1.82, 2.24) is 0 Å². The van der Waals surface area contributed by atoms with Crippen molar-refractivity contribution in [2.24, 2.45) is 41.1 Å². The summed E-state index contributed by atoms with van der Waals surface area (Å²) < 4.78 is 9.33. The molecule has 4 aliphatic rings. The molecule has 6 atom stereocenters. The van der Waals surface area contributed by atoms with Gasteiger partial charge in [-0.2, -0.15) is 0 Å². The first-order chi connectivity index (χ1) is 11.4. The van der Waals surface area contributed by atoms with Crippen LogP contribution in [0.4, 0.5) is 0 Å². The number of allylic oxidation sites excluding steroid dienone is 1. The number of carbonyl (C=O) groups is 4. The fraction of sp³-hybridized carbons (Fsp3) is 0.500. The number of rotatable bonds is 1. The number of hydrogen-bond donors (Lipinski definition) is 2. The van der Waals surface area contributed by atoms with Crippen molar-refractivity contribution in [2.75, 3.05) is 0 Å². The van der Waals surface area contributed by atoms with Gasteiger partial charge < -0.3 is 20.9 Å². The van der Waals surface area contributed by atoms with Crippen LogP contribution in [0.15, 0.2) is 23.4 Å². The van der Waals surface area contributed by atoms with Gasteiger partial charge in [-0.1, -0.05) is 12.2 Å². The molecule has 0 aromatic carbocycles. The third-order valence-electron chi connectivity index (χ3n) is 5.52. The van der Waals surface area contributed by atoms with Gasteiger partial charge in [0.1, 0.15) is 0 Å². The van der Waals surface area contributed by atoms with Crippen LogP contribution in [0.2, 0.25) is 0 Å². The van der Waals surface area contributed by atoms with Crippen LogP contribution in [0.5, 0.6) is 0 Å². The molecule has 126 valence electrons. The van der Waals surface area contributed by atoms with E-state index in [-0.39, 0.29) is 17.4 Å². The minimum atomic E-state index is -0.736. The summed E-state index contributed by atoms with van der Waals surface area (Å²) in [4.78, 5) is 47.1. The van der Waals surface area contributed by atoms with E-state index in [2.05, 4.69) is 9.47 Å². The summed E-state index contributed by atoms with van der Waals surface area (Å²) in [5.41, 5.74) is 12.9. The molecule has 2 heterocycles. The highest BCUT2D eigenvalue weighted by Gasteiger charge is 2.53. The van der Waals surface area contributed by atoms with Crippen molar-refractivity contribution < 1.29 is 28.7 Å². The molecule has 0 aromatic heterocycles. The zero-order valence-corrected chi connectivity index (χ0v) is 12.6. The zero-order valence-electron chi connectivity index (χ0n) is 12.6. The van der Waals surface area contributed by atoms with Gasteiger partial charge in [0.05, 0.1) is 23.3 Å². The van der Waals surface area contributed by atoms with Gasteiger partial charge in [0.2, 0.25) is 0 Å². The molecule has 4 rings (SSSR count). The average Bonchev–Trinajstić information content (AvgIpc) is 2.98. The van der Waals surface area contributed by atoms with Gasteiger partial charge in [0.25, 0.3) is 0 Å². The number of hydrogen-bond acceptors (Lipinski definition) is 8. The van der Waals surface area contributed by atoms with E-state index in [0.29, 0.717) is 18.5 Å². The minimum absolute atomic E-state index is 0.212. The van der Waals surface area contributed by atoms with Crippen LogP contribution in [0.3, 0.4) is 0 Å². The van der Waals surface area contributed by atoms with Gasteiger partial charge in [-0.15, -0.1) is 0 Å². The van der Waals surface area contributed by atoms with Crippen molar-refractivity contribution in [2.45, 2.75) is 18.9 Å². The van der Waals surface area contributed by atoms with E-state index in [1.807, 2.05) is 0 Å². The molecule has 2 saturated heterocycles. The van der Waals surface area contributed by atoms with Crippen LogP contribution in [-0.4, -0.2) is 29.9 Å². The Hall–Kier alpha value is -2.48. The van der Waals surface area contributed by atoms with Gasteiger partial charge in [-0.05, 0) is 12.8 Å². The lowest BCUT2D eigenvalue weighted by atomic mass is 9.67. The summed E-state index contributed by atoms with van der Waals surface area (Å²) in [6, 6.07) is -0.646. The van der Waals surface area contributed by atoms with Gasteiger partial charge in [0.15, 0.2) is 0 Å². The number of ether oxygens (including phenoxy) is 2. The first-order valence-electron chi connectivity index (χ1n) is 7.85. The number of esters is 4. The highest BCUT2D eigenvalue weighted by atomic mass is 16.6. The standard InChI is InChI=1S/C16H16N2O6/c17-11-5(1-3-7-9(11)15(21)23-13(7)19)6-2-4-8-10(12(6)18)16(22)24-14(8)20/h1,3,5-9,11H,2,4,17-18H2. The van der Waals surface area contributed by atoms with E-state index in [1.165, 1.54) is 0 Å². The van der Waals surface area contributed by atoms with Gasteiger partial charge in [-0.3, -0.25) is 14.4 Å². The summed E-state index contributed by atoms with van der Waals surface area (Å²) in [6.45, 7) is 0. The first kappa shape index (κ1) is 15.1. The van der Waals surface area contributed by atoms with Crippen LogP contribution in [0.25, 0.3) is 0 Å². The van der Waals surface area contributed by atoms with E-state index in [9.17, 15) is 19.2 Å². The molecule has 0 aromatic rings. The van der Waals surface area contributed by atoms with E-state index in [0.717, 1.165) is 0 Å². The lowest BCUT2D eigenvalue weighted by Crippen LogP contribution is -2.48. The molecule has 0 spiro atoms. The quantitative estimate of drug-likeness (QED) is 0.359. The Morgan fingerprint density at radius 3 is 2.46 bits per heavy atom. The van der Waals surface area contributed by atoms with E-state index >= 15 is 0 Å². The second-order valence-corrected chi connectivity index (χ2v) is 6.65. The van der Waals surface area contributed by atoms with Gasteiger partial charge in [-0.25, -0.2) is 4.79 Å². The molecule has 2 aliphatic carbocycles. The maximum Gasteiger partial charge on any atom is 0.344 e. The smallest absolute Gasteiger partial charge is 0.344 e. The Labute approximate surface area is 136 Å². The van der Waals surface area contributed by atoms with Crippen LogP contribution < -0.4 is 11.5 Å². The molecule has 8 heteroatoms. The van der Waals surface area contributed by atoms with Crippen LogP contribution in [-0.2, 0) is 28.7 Å². The summed E-state index contributed by atoms with van der Waals surface area (Å²) in [7, 11) is 0. The molecule has 4 N–H and O–H groups in total. The molecule has 2 aliphatic heterocycles. The number of nitrogens with two attached hydrogens (primary N) is 2. The Morgan fingerprint density at radius 2 is 1.71 bits per heavy atom. The lowest BCUT2D eigenvalue weighted by molar-refractivity contribution is -0.155. The third-order valence-corrected chi connectivity index (χ3v) is 5.52. The Morgan fingerprint density at radius 1 is 0.958 bits per heavy atom. The number of cyclic esters (lactones) is 4. The maximum atomic E-state index is 11.9. The van der Waals surface area contributed by atoms with E-state index in [1.54, 1.807) is 12.2 Å². The van der Waals surface area contributed by atoms with Crippen LogP contribution in [0.1, 0.15) is 12.8 Å². The highest BCUT2D eigenvalue weighted by Crippen LogP contribution is 2.45. The average molecular weight is 332 g/mol. The summed E-state index contributed by atoms with van der Waals surface area (Å²) >= 11 is 0. The molecule has 0 bridgehead atoms. The maximum absolute atomic E-state index is 11.9. The molecule has 0 saturated carbocycles. The van der Waals surface area contributed by atoms with E-state index < -0.39 is 47.7 Å². The monoisotopic (exact) mass is 332 g/mol. The second-order valence-electron chi connectivity index (χ2n) is 6.65. The fourth-order valence-electron chi connectivity index (χ4n) is 4.30. The van der Waals surface area contributed by atoms with Crippen molar-refractivity contribution >= 4 is 23.9 Å². The highest BCUT2D eigenvalue weighted by molar-refractivity contribution is 6.08. The predicted octanol–water partition coefficient (Wildman–Crippen LogP) is -0.862. The van der Waals surface area contributed by atoms with Gasteiger partial charge in [0, 0.05) is 23.6 Å². The van der Waals surface area contributed by atoms with Crippen molar-refractivity contribution in [3.8, 4) is 0 Å². The summed E-state index contributed by atoms with van der Waals surface area (Å²) in [5, 5.41) is 0. The largest absolute Gasteiger partial charge is 0.401 e. The van der Waals surface area contributed by atoms with Crippen molar-refractivity contribution in [3.05, 3.63) is 23.4 Å². The predicted molar refractivity (Wildman–Crippen MR) is 77.2 cm³/mol. The Balaban J connectivity index is 1.69. The van der Waals surface area contributed by atoms with Crippen molar-refractivity contribution in [1.29, 1.82) is 0 Å². The molecular formula is C16H16N2O6. The Kier molecular flexibility index (Phi) is 3.14. The topological polar surface area (TPSA) is 139 Å². The summed E-state index contributed by atoms with van der Waals surface area (Å²) in [5.74, 6) is -5.08. The van der Waals surface area contributed by atoms with Gasteiger partial charge >= 0.3 is 23.9 Å². The normalized spacial score (nSPS) is 41.2. The third kappa shape index (κ3) is 1.89. The molecule has 0 amide bonds. The second kappa shape index (κ2) is 5.01.